The zero-order valence-corrected chi connectivity index (χ0v) is 13.7. The summed E-state index contributed by atoms with van der Waals surface area (Å²) in [6.07, 6.45) is 10.0. The normalized spacial score (nSPS) is 47.5. The van der Waals surface area contributed by atoms with Crippen molar-refractivity contribution >= 4 is 0 Å². The maximum absolute atomic E-state index is 4.17. The molecule has 19 heavy (non-hydrogen) atoms. The number of nitrogens with one attached hydrogen (secondary N) is 1. The molecule has 0 radical (unpaired) electrons. The Morgan fingerprint density at radius 3 is 2.21 bits per heavy atom. The molecule has 0 spiro atoms. The molecule has 0 saturated heterocycles. The maximum Gasteiger partial charge on any atom is 0.0178 e. The van der Waals surface area contributed by atoms with Gasteiger partial charge in [-0.2, -0.15) is 0 Å². The molecule has 1 N–H and O–H groups in total. The molecule has 4 atom stereocenters. The van der Waals surface area contributed by atoms with Crippen molar-refractivity contribution in [3.63, 3.8) is 0 Å². The van der Waals surface area contributed by atoms with Crippen molar-refractivity contribution in [3.05, 3.63) is 0 Å². The van der Waals surface area contributed by atoms with E-state index in [-0.39, 0.29) is 0 Å². The lowest BCUT2D eigenvalue weighted by Crippen LogP contribution is -2.57. The Labute approximate surface area is 119 Å². The number of hydrogen-bond acceptors (Lipinski definition) is 1. The first-order valence-electron chi connectivity index (χ1n) is 8.52. The van der Waals surface area contributed by atoms with Crippen molar-refractivity contribution in [1.29, 1.82) is 0 Å². The molecule has 3 aliphatic carbocycles. The molecule has 110 valence electrons. The molecular formula is C18H33N. The molecule has 3 rings (SSSR count). The van der Waals surface area contributed by atoms with E-state index in [2.05, 4.69) is 39.9 Å². The highest BCUT2D eigenvalue weighted by Crippen LogP contribution is 2.62. The van der Waals surface area contributed by atoms with E-state index < -0.39 is 0 Å². The Morgan fingerprint density at radius 1 is 0.895 bits per heavy atom. The first-order valence-corrected chi connectivity index (χ1v) is 8.52. The lowest BCUT2D eigenvalue weighted by Gasteiger charge is -2.49. The summed E-state index contributed by atoms with van der Waals surface area (Å²) in [6, 6.07) is 1.47. The van der Waals surface area contributed by atoms with Gasteiger partial charge in [-0.15, -0.1) is 0 Å². The van der Waals surface area contributed by atoms with Gasteiger partial charge in [0.15, 0.2) is 0 Å². The molecule has 2 bridgehead atoms. The Morgan fingerprint density at radius 2 is 1.63 bits per heavy atom. The SMILES string of the molecule is CC1(C)CCCCC1NC1C(C)(C)[C@H]2CC[C@]1(C)C2. The van der Waals surface area contributed by atoms with Crippen LogP contribution in [-0.2, 0) is 0 Å². The smallest absolute Gasteiger partial charge is 0.0178 e. The largest absolute Gasteiger partial charge is 0.310 e. The van der Waals surface area contributed by atoms with Crippen LogP contribution in [0.4, 0.5) is 0 Å². The predicted molar refractivity (Wildman–Crippen MR) is 82.2 cm³/mol. The van der Waals surface area contributed by atoms with Gasteiger partial charge in [0.05, 0.1) is 0 Å². The first-order chi connectivity index (χ1) is 8.76. The average molecular weight is 263 g/mol. The Balaban J connectivity index is 1.79. The molecule has 1 nitrogen and oxygen atoms in total. The molecule has 3 saturated carbocycles. The molecule has 1 heteroatoms. The molecule has 2 unspecified atom stereocenters. The van der Waals surface area contributed by atoms with Crippen LogP contribution < -0.4 is 5.32 Å². The quantitative estimate of drug-likeness (QED) is 0.757. The van der Waals surface area contributed by atoms with Gasteiger partial charge in [0.25, 0.3) is 0 Å². The van der Waals surface area contributed by atoms with E-state index >= 15 is 0 Å². The topological polar surface area (TPSA) is 12.0 Å². The van der Waals surface area contributed by atoms with Crippen molar-refractivity contribution in [2.45, 2.75) is 91.6 Å². The Bertz CT molecular complexity index is 352. The minimum atomic E-state index is 0.493. The van der Waals surface area contributed by atoms with Gasteiger partial charge in [-0.3, -0.25) is 0 Å². The monoisotopic (exact) mass is 263 g/mol. The summed E-state index contributed by atoms with van der Waals surface area (Å²) in [6.45, 7) is 12.6. The second kappa shape index (κ2) is 4.23. The third-order valence-corrected chi connectivity index (χ3v) is 7.14. The minimum absolute atomic E-state index is 0.493. The van der Waals surface area contributed by atoms with Crippen molar-refractivity contribution in [1.82, 2.24) is 5.32 Å². The van der Waals surface area contributed by atoms with Crippen LogP contribution >= 0.6 is 0 Å². The Hall–Kier alpha value is -0.0400. The molecule has 0 aromatic heterocycles. The molecule has 3 fully saturated rings. The average Bonchev–Trinajstić information content (AvgIpc) is 2.77. The fraction of sp³-hybridized carbons (Fsp3) is 1.00. The summed E-state index contributed by atoms with van der Waals surface area (Å²) >= 11 is 0. The number of rotatable bonds is 2. The lowest BCUT2D eigenvalue weighted by atomic mass is 9.66. The molecule has 0 aromatic carbocycles. The van der Waals surface area contributed by atoms with Gasteiger partial charge in [0.2, 0.25) is 0 Å². The summed E-state index contributed by atoms with van der Waals surface area (Å²) in [5, 5.41) is 4.17. The zero-order chi connectivity index (χ0) is 13.9. The van der Waals surface area contributed by atoms with Gasteiger partial charge in [0, 0.05) is 12.1 Å². The summed E-state index contributed by atoms with van der Waals surface area (Å²) in [4.78, 5) is 0. The summed E-state index contributed by atoms with van der Waals surface area (Å²) in [5.41, 5.74) is 1.56. The molecule has 0 heterocycles. The van der Waals surface area contributed by atoms with E-state index in [1.54, 1.807) is 0 Å². The van der Waals surface area contributed by atoms with E-state index in [0.717, 1.165) is 18.0 Å². The van der Waals surface area contributed by atoms with Crippen LogP contribution in [0.2, 0.25) is 0 Å². The van der Waals surface area contributed by atoms with Crippen LogP contribution in [0.5, 0.6) is 0 Å². The Kier molecular flexibility index (Phi) is 3.10. The minimum Gasteiger partial charge on any atom is -0.310 e. The highest BCUT2D eigenvalue weighted by Gasteiger charge is 2.59. The highest BCUT2D eigenvalue weighted by atomic mass is 15.0. The van der Waals surface area contributed by atoms with Crippen LogP contribution in [0.1, 0.15) is 79.6 Å². The van der Waals surface area contributed by atoms with Crippen LogP contribution in [0.15, 0.2) is 0 Å². The molecule has 0 aliphatic heterocycles. The van der Waals surface area contributed by atoms with E-state index in [0.29, 0.717) is 16.2 Å². The van der Waals surface area contributed by atoms with Crippen molar-refractivity contribution in [2.24, 2.45) is 22.2 Å². The van der Waals surface area contributed by atoms with Gasteiger partial charge in [0.1, 0.15) is 0 Å². The van der Waals surface area contributed by atoms with E-state index in [9.17, 15) is 0 Å². The summed E-state index contributed by atoms with van der Waals surface area (Å²) < 4.78 is 0. The zero-order valence-electron chi connectivity index (χ0n) is 13.7. The summed E-state index contributed by atoms with van der Waals surface area (Å²) in [5.74, 6) is 0.960. The molecule has 0 aromatic rings. The molecule has 0 amide bonds. The van der Waals surface area contributed by atoms with Crippen LogP contribution in [0.25, 0.3) is 0 Å². The van der Waals surface area contributed by atoms with Gasteiger partial charge < -0.3 is 5.32 Å². The maximum atomic E-state index is 4.17. The summed E-state index contributed by atoms with van der Waals surface area (Å²) in [7, 11) is 0. The second-order valence-electron chi connectivity index (χ2n) is 9.30. The van der Waals surface area contributed by atoms with Crippen LogP contribution in [-0.4, -0.2) is 12.1 Å². The molecule has 3 aliphatic rings. The lowest BCUT2D eigenvalue weighted by molar-refractivity contribution is 0.0602. The molecular weight excluding hydrogens is 230 g/mol. The fourth-order valence-corrected chi connectivity index (χ4v) is 5.72. The third kappa shape index (κ3) is 2.07. The predicted octanol–water partition coefficient (Wildman–Crippen LogP) is 4.76. The number of hydrogen-bond donors (Lipinski definition) is 1. The van der Waals surface area contributed by atoms with E-state index in [4.69, 9.17) is 0 Å². The van der Waals surface area contributed by atoms with Crippen molar-refractivity contribution < 1.29 is 0 Å². The van der Waals surface area contributed by atoms with Crippen molar-refractivity contribution in [3.8, 4) is 0 Å². The van der Waals surface area contributed by atoms with Gasteiger partial charge in [-0.1, -0.05) is 47.5 Å². The van der Waals surface area contributed by atoms with Gasteiger partial charge >= 0.3 is 0 Å². The highest BCUT2D eigenvalue weighted by molar-refractivity contribution is 5.13. The van der Waals surface area contributed by atoms with Crippen LogP contribution in [0.3, 0.4) is 0 Å². The van der Waals surface area contributed by atoms with E-state index in [1.165, 1.54) is 44.9 Å². The third-order valence-electron chi connectivity index (χ3n) is 7.14. The second-order valence-corrected chi connectivity index (χ2v) is 9.30. The van der Waals surface area contributed by atoms with E-state index in [1.807, 2.05) is 0 Å². The van der Waals surface area contributed by atoms with Gasteiger partial charge in [-0.05, 0) is 54.3 Å². The standard InChI is InChI=1S/C18H33N/c1-16(2)10-7-6-8-14(16)19-15-17(3,4)13-9-11-18(15,5)12-13/h13-15,19H,6-12H2,1-5H3/t13-,14?,15?,18+/m0/s1. The fourth-order valence-electron chi connectivity index (χ4n) is 5.72. The van der Waals surface area contributed by atoms with Crippen molar-refractivity contribution in [2.75, 3.05) is 0 Å². The first kappa shape index (κ1) is 13.9. The van der Waals surface area contributed by atoms with Crippen LogP contribution in [0, 0.1) is 22.2 Å². The number of fused-ring (bicyclic) bond motifs is 2. The van der Waals surface area contributed by atoms with Gasteiger partial charge in [-0.25, -0.2) is 0 Å².